The fraction of sp³-hybridized carbons (Fsp3) is 0.318. The molecule has 2 N–H and O–H groups in total. The summed E-state index contributed by atoms with van der Waals surface area (Å²) in [4.78, 5) is 38.3. The molecule has 1 aliphatic heterocycles. The zero-order valence-corrected chi connectivity index (χ0v) is 17.3. The molecule has 1 aliphatic rings. The molecular weight excluding hydrogens is 408 g/mol. The number of carbonyl (C=O) groups is 3. The lowest BCUT2D eigenvalue weighted by Crippen LogP contribution is -2.39. The van der Waals surface area contributed by atoms with Crippen molar-refractivity contribution in [3.63, 3.8) is 0 Å². The molecule has 0 spiro atoms. The third kappa shape index (κ3) is 5.10. The second-order valence-corrected chi connectivity index (χ2v) is 7.48. The van der Waals surface area contributed by atoms with Gasteiger partial charge in [0.1, 0.15) is 0 Å². The predicted octanol–water partition coefficient (Wildman–Crippen LogP) is 4.07. The molecule has 1 saturated heterocycles. The van der Waals surface area contributed by atoms with Gasteiger partial charge in [-0.3, -0.25) is 9.59 Å². The molecule has 0 radical (unpaired) electrons. The standard InChI is InChI=1S/C22H23ClN2O5/c1-2-30-22(29)16-6-4-10-25(13-16)19-9-8-15(21(27)28)12-18(19)24-20(26)14-5-3-7-17(23)11-14/h3,5,7-9,11-12,16H,2,4,6,10,13H2,1H3,(H,24,26)(H,27,28)/t16-/m1/s1. The first-order chi connectivity index (χ1) is 14.4. The Bertz CT molecular complexity index is 962. The largest absolute Gasteiger partial charge is 0.478 e. The lowest BCUT2D eigenvalue weighted by molar-refractivity contribution is -0.148. The summed E-state index contributed by atoms with van der Waals surface area (Å²) in [5.74, 6) is -2.01. The van der Waals surface area contributed by atoms with E-state index in [1.807, 2.05) is 4.90 Å². The summed E-state index contributed by atoms with van der Waals surface area (Å²) < 4.78 is 5.15. The summed E-state index contributed by atoms with van der Waals surface area (Å²) in [6, 6.07) is 11.1. The van der Waals surface area contributed by atoms with Crippen LogP contribution in [-0.4, -0.2) is 42.6 Å². The summed E-state index contributed by atoms with van der Waals surface area (Å²) in [6.45, 7) is 3.21. The van der Waals surface area contributed by atoms with Crippen molar-refractivity contribution in [3.05, 3.63) is 58.6 Å². The Labute approximate surface area is 179 Å². The van der Waals surface area contributed by atoms with E-state index < -0.39 is 11.9 Å². The molecule has 1 fully saturated rings. The Kier molecular flexibility index (Phi) is 6.95. The molecule has 2 aromatic carbocycles. The SMILES string of the molecule is CCOC(=O)[C@@H]1CCCN(c2ccc(C(=O)O)cc2NC(=O)c2cccc(Cl)c2)C1. The quantitative estimate of drug-likeness (QED) is 0.670. The molecule has 3 rings (SSSR count). The number of carbonyl (C=O) groups excluding carboxylic acids is 2. The van der Waals surface area contributed by atoms with Gasteiger partial charge in [-0.2, -0.15) is 0 Å². The van der Waals surface area contributed by atoms with E-state index in [9.17, 15) is 19.5 Å². The van der Waals surface area contributed by atoms with Crippen molar-refractivity contribution in [2.45, 2.75) is 19.8 Å². The molecule has 0 saturated carbocycles. The van der Waals surface area contributed by atoms with Gasteiger partial charge in [-0.05, 0) is 56.2 Å². The number of rotatable bonds is 6. The summed E-state index contributed by atoms with van der Waals surface area (Å²) in [5, 5.41) is 12.6. The molecule has 0 unspecified atom stereocenters. The van der Waals surface area contributed by atoms with Crippen LogP contribution in [0.4, 0.5) is 11.4 Å². The van der Waals surface area contributed by atoms with E-state index in [0.717, 1.165) is 12.8 Å². The smallest absolute Gasteiger partial charge is 0.335 e. The average molecular weight is 431 g/mol. The topological polar surface area (TPSA) is 95.9 Å². The first-order valence-electron chi connectivity index (χ1n) is 9.75. The van der Waals surface area contributed by atoms with Gasteiger partial charge in [0, 0.05) is 23.7 Å². The van der Waals surface area contributed by atoms with Crippen LogP contribution < -0.4 is 10.2 Å². The molecular formula is C22H23ClN2O5. The van der Waals surface area contributed by atoms with E-state index in [1.54, 1.807) is 31.2 Å². The van der Waals surface area contributed by atoms with Crippen LogP contribution in [0.15, 0.2) is 42.5 Å². The number of benzene rings is 2. The van der Waals surface area contributed by atoms with Crippen LogP contribution in [0.25, 0.3) is 0 Å². The molecule has 2 aromatic rings. The van der Waals surface area contributed by atoms with Gasteiger partial charge in [0.25, 0.3) is 5.91 Å². The van der Waals surface area contributed by atoms with E-state index in [-0.39, 0.29) is 17.5 Å². The molecule has 0 bridgehead atoms. The van der Waals surface area contributed by atoms with Crippen molar-refractivity contribution in [1.29, 1.82) is 0 Å². The van der Waals surface area contributed by atoms with E-state index >= 15 is 0 Å². The Hall–Kier alpha value is -3.06. The molecule has 1 atom stereocenters. The zero-order chi connectivity index (χ0) is 21.7. The summed E-state index contributed by atoms with van der Waals surface area (Å²) in [5.41, 5.74) is 1.44. The van der Waals surface area contributed by atoms with Crippen LogP contribution in [0.5, 0.6) is 0 Å². The maximum Gasteiger partial charge on any atom is 0.335 e. The van der Waals surface area contributed by atoms with Gasteiger partial charge in [-0.25, -0.2) is 4.79 Å². The van der Waals surface area contributed by atoms with Gasteiger partial charge in [0.05, 0.1) is 29.5 Å². The third-order valence-corrected chi connectivity index (χ3v) is 5.20. The minimum absolute atomic E-state index is 0.0547. The normalized spacial score (nSPS) is 16.1. The molecule has 0 aromatic heterocycles. The average Bonchev–Trinajstić information content (AvgIpc) is 2.74. The Morgan fingerprint density at radius 2 is 2.00 bits per heavy atom. The van der Waals surface area contributed by atoms with Crippen LogP contribution in [0.3, 0.4) is 0 Å². The fourth-order valence-corrected chi connectivity index (χ4v) is 3.71. The van der Waals surface area contributed by atoms with E-state index in [2.05, 4.69) is 5.32 Å². The Balaban J connectivity index is 1.89. The summed E-state index contributed by atoms with van der Waals surface area (Å²) in [6.07, 6.45) is 1.51. The van der Waals surface area contributed by atoms with Crippen LogP contribution in [0.1, 0.15) is 40.5 Å². The van der Waals surface area contributed by atoms with Crippen LogP contribution in [-0.2, 0) is 9.53 Å². The van der Waals surface area contributed by atoms with E-state index in [4.69, 9.17) is 16.3 Å². The summed E-state index contributed by atoms with van der Waals surface area (Å²) in [7, 11) is 0. The van der Waals surface area contributed by atoms with Crippen molar-refractivity contribution < 1.29 is 24.2 Å². The number of amides is 1. The Morgan fingerprint density at radius 3 is 2.70 bits per heavy atom. The molecule has 1 amide bonds. The second-order valence-electron chi connectivity index (χ2n) is 7.04. The highest BCUT2D eigenvalue weighted by Gasteiger charge is 2.28. The predicted molar refractivity (Wildman–Crippen MR) is 114 cm³/mol. The lowest BCUT2D eigenvalue weighted by Gasteiger charge is -2.34. The fourth-order valence-electron chi connectivity index (χ4n) is 3.52. The molecule has 1 heterocycles. The highest BCUT2D eigenvalue weighted by molar-refractivity contribution is 6.31. The zero-order valence-electron chi connectivity index (χ0n) is 16.6. The number of nitrogens with one attached hydrogen (secondary N) is 1. The highest BCUT2D eigenvalue weighted by atomic mass is 35.5. The van der Waals surface area contributed by atoms with Crippen molar-refractivity contribution in [3.8, 4) is 0 Å². The minimum atomic E-state index is -1.09. The van der Waals surface area contributed by atoms with Gasteiger partial charge in [0.15, 0.2) is 0 Å². The number of carboxylic acid groups (broad SMARTS) is 1. The monoisotopic (exact) mass is 430 g/mol. The van der Waals surface area contributed by atoms with Crippen molar-refractivity contribution in [2.24, 2.45) is 5.92 Å². The van der Waals surface area contributed by atoms with Gasteiger partial charge in [-0.1, -0.05) is 17.7 Å². The maximum absolute atomic E-state index is 12.7. The van der Waals surface area contributed by atoms with Crippen molar-refractivity contribution in [2.75, 3.05) is 29.9 Å². The van der Waals surface area contributed by atoms with Gasteiger partial charge < -0.3 is 20.1 Å². The Morgan fingerprint density at radius 1 is 1.20 bits per heavy atom. The number of hydrogen-bond donors (Lipinski definition) is 2. The number of nitrogens with zero attached hydrogens (tertiary/aromatic N) is 1. The first-order valence-corrected chi connectivity index (χ1v) is 10.1. The number of anilines is 2. The molecule has 7 nitrogen and oxygen atoms in total. The van der Waals surface area contributed by atoms with Crippen LogP contribution >= 0.6 is 11.6 Å². The first kappa shape index (κ1) is 21.6. The molecule has 8 heteroatoms. The third-order valence-electron chi connectivity index (χ3n) is 4.96. The van der Waals surface area contributed by atoms with E-state index in [1.165, 1.54) is 18.2 Å². The highest BCUT2D eigenvalue weighted by Crippen LogP contribution is 2.32. The number of esters is 1. The summed E-state index contributed by atoms with van der Waals surface area (Å²) >= 11 is 5.97. The minimum Gasteiger partial charge on any atom is -0.478 e. The van der Waals surface area contributed by atoms with Crippen LogP contribution in [0.2, 0.25) is 5.02 Å². The van der Waals surface area contributed by atoms with Crippen molar-refractivity contribution >= 4 is 40.8 Å². The lowest BCUT2D eigenvalue weighted by atomic mass is 9.97. The van der Waals surface area contributed by atoms with Gasteiger partial charge >= 0.3 is 11.9 Å². The van der Waals surface area contributed by atoms with E-state index in [0.29, 0.717) is 41.7 Å². The number of aromatic carboxylic acids is 1. The number of piperidine rings is 1. The number of carboxylic acids is 1. The van der Waals surface area contributed by atoms with Gasteiger partial charge in [0.2, 0.25) is 0 Å². The number of ether oxygens (including phenoxy) is 1. The second kappa shape index (κ2) is 9.63. The maximum atomic E-state index is 12.7. The van der Waals surface area contributed by atoms with Crippen LogP contribution in [0, 0.1) is 5.92 Å². The molecule has 30 heavy (non-hydrogen) atoms. The van der Waals surface area contributed by atoms with Crippen molar-refractivity contribution in [1.82, 2.24) is 0 Å². The number of hydrogen-bond acceptors (Lipinski definition) is 5. The molecule has 0 aliphatic carbocycles. The number of halogens is 1. The van der Waals surface area contributed by atoms with Gasteiger partial charge in [-0.15, -0.1) is 0 Å². The molecule has 158 valence electrons.